The number of ether oxygens (including phenoxy) is 1. The van der Waals surface area contributed by atoms with E-state index in [-0.39, 0.29) is 17.9 Å². The van der Waals surface area contributed by atoms with Crippen LogP contribution in [0.15, 0.2) is 24.4 Å². The van der Waals surface area contributed by atoms with Gasteiger partial charge in [0.05, 0.1) is 36.5 Å². The fourth-order valence-corrected chi connectivity index (χ4v) is 2.40. The maximum atomic E-state index is 12.3. The molecule has 1 aromatic carbocycles. The molecule has 1 aliphatic heterocycles. The number of nitrogens with one attached hydrogen (secondary N) is 3. The summed E-state index contributed by atoms with van der Waals surface area (Å²) in [6.07, 6.45) is 1.71. The summed E-state index contributed by atoms with van der Waals surface area (Å²) in [6, 6.07) is 5.76. The van der Waals surface area contributed by atoms with E-state index in [1.54, 1.807) is 6.20 Å². The second kappa shape index (κ2) is 4.99. The Labute approximate surface area is 110 Å². The molecule has 3 rings (SSSR count). The molecule has 2 aromatic rings. The number of aromatic amines is 1. The molecular weight excluding hydrogens is 244 g/mol. The molecule has 0 bridgehead atoms. The number of benzene rings is 1. The highest BCUT2D eigenvalue weighted by Gasteiger charge is 2.33. The SMILES string of the molecule is CNC1COCC1C(=O)Nc1cccc2[nH]ncc12. The lowest BCUT2D eigenvalue weighted by Crippen LogP contribution is -2.39. The van der Waals surface area contributed by atoms with Gasteiger partial charge in [-0.25, -0.2) is 0 Å². The second-order valence-electron chi connectivity index (χ2n) is 4.67. The number of amides is 1. The Morgan fingerprint density at radius 3 is 3.21 bits per heavy atom. The Morgan fingerprint density at radius 1 is 1.47 bits per heavy atom. The van der Waals surface area contributed by atoms with Crippen LogP contribution in [0.3, 0.4) is 0 Å². The number of rotatable bonds is 3. The van der Waals surface area contributed by atoms with E-state index in [1.807, 2.05) is 25.2 Å². The van der Waals surface area contributed by atoms with Crippen LogP contribution in [-0.4, -0.2) is 42.4 Å². The van der Waals surface area contributed by atoms with Gasteiger partial charge >= 0.3 is 0 Å². The van der Waals surface area contributed by atoms with Crippen LogP contribution in [0, 0.1) is 5.92 Å². The summed E-state index contributed by atoms with van der Waals surface area (Å²) in [5, 5.41) is 13.8. The number of likely N-dealkylation sites (N-methyl/N-ethyl adjacent to an activating group) is 1. The van der Waals surface area contributed by atoms with Gasteiger partial charge in [-0.2, -0.15) is 5.10 Å². The molecule has 6 heteroatoms. The number of fused-ring (bicyclic) bond motifs is 1. The standard InChI is InChI=1S/C13H16N4O2/c1-14-12-7-19-6-9(12)13(18)16-10-3-2-4-11-8(10)5-15-17-11/h2-5,9,12,14H,6-7H2,1H3,(H,15,17)(H,16,18). The molecule has 19 heavy (non-hydrogen) atoms. The quantitative estimate of drug-likeness (QED) is 0.760. The number of carbonyl (C=O) groups is 1. The van der Waals surface area contributed by atoms with E-state index in [1.165, 1.54) is 0 Å². The van der Waals surface area contributed by atoms with Gasteiger partial charge in [0, 0.05) is 11.4 Å². The van der Waals surface area contributed by atoms with Crippen LogP contribution >= 0.6 is 0 Å². The van der Waals surface area contributed by atoms with Gasteiger partial charge in [0.15, 0.2) is 0 Å². The molecule has 0 saturated carbocycles. The number of hydrogen-bond donors (Lipinski definition) is 3. The van der Waals surface area contributed by atoms with E-state index in [0.717, 1.165) is 16.6 Å². The molecule has 100 valence electrons. The zero-order valence-electron chi connectivity index (χ0n) is 10.6. The van der Waals surface area contributed by atoms with Gasteiger partial charge in [-0.15, -0.1) is 0 Å². The Morgan fingerprint density at radius 2 is 2.37 bits per heavy atom. The lowest BCUT2D eigenvalue weighted by atomic mass is 10.0. The highest BCUT2D eigenvalue weighted by Crippen LogP contribution is 2.23. The van der Waals surface area contributed by atoms with Gasteiger partial charge in [0.25, 0.3) is 0 Å². The third-order valence-electron chi connectivity index (χ3n) is 3.53. The number of hydrogen-bond acceptors (Lipinski definition) is 4. The maximum Gasteiger partial charge on any atom is 0.231 e. The fourth-order valence-electron chi connectivity index (χ4n) is 2.40. The molecule has 6 nitrogen and oxygen atoms in total. The normalized spacial score (nSPS) is 22.8. The monoisotopic (exact) mass is 260 g/mol. The maximum absolute atomic E-state index is 12.3. The highest BCUT2D eigenvalue weighted by molar-refractivity contribution is 6.01. The molecule has 0 spiro atoms. The summed E-state index contributed by atoms with van der Waals surface area (Å²) in [5.41, 5.74) is 1.68. The van der Waals surface area contributed by atoms with Gasteiger partial charge in [-0.05, 0) is 19.2 Å². The first-order valence-corrected chi connectivity index (χ1v) is 6.27. The largest absolute Gasteiger partial charge is 0.379 e. The van der Waals surface area contributed by atoms with E-state index in [0.29, 0.717) is 13.2 Å². The molecular formula is C13H16N4O2. The molecule has 2 unspecified atom stereocenters. The molecule has 3 N–H and O–H groups in total. The summed E-state index contributed by atoms with van der Waals surface area (Å²) in [5.74, 6) is -0.183. The molecule has 1 aliphatic rings. The van der Waals surface area contributed by atoms with Crippen molar-refractivity contribution in [3.63, 3.8) is 0 Å². The highest BCUT2D eigenvalue weighted by atomic mass is 16.5. The average Bonchev–Trinajstić information content (AvgIpc) is 3.07. The van der Waals surface area contributed by atoms with Gasteiger partial charge in [-0.1, -0.05) is 6.07 Å². The van der Waals surface area contributed by atoms with Gasteiger partial charge < -0.3 is 15.4 Å². The van der Waals surface area contributed by atoms with Crippen molar-refractivity contribution in [2.45, 2.75) is 6.04 Å². The Hall–Kier alpha value is -1.92. The van der Waals surface area contributed by atoms with Crippen molar-refractivity contribution in [1.82, 2.24) is 15.5 Å². The van der Waals surface area contributed by atoms with Gasteiger partial charge in [0.1, 0.15) is 0 Å². The van der Waals surface area contributed by atoms with Gasteiger partial charge in [-0.3, -0.25) is 9.89 Å². The Kier molecular flexibility index (Phi) is 3.18. The predicted molar refractivity (Wildman–Crippen MR) is 71.9 cm³/mol. The van der Waals surface area contributed by atoms with Crippen LogP contribution in [0.4, 0.5) is 5.69 Å². The molecule has 2 heterocycles. The minimum atomic E-state index is -0.160. The van der Waals surface area contributed by atoms with Crippen molar-refractivity contribution in [2.75, 3.05) is 25.6 Å². The van der Waals surface area contributed by atoms with Crippen LogP contribution in [0.25, 0.3) is 10.9 Å². The number of nitrogens with zero attached hydrogens (tertiary/aromatic N) is 1. The minimum absolute atomic E-state index is 0.0226. The van der Waals surface area contributed by atoms with E-state index in [9.17, 15) is 4.79 Å². The summed E-state index contributed by atoms with van der Waals surface area (Å²) in [6.45, 7) is 1.03. The van der Waals surface area contributed by atoms with E-state index < -0.39 is 0 Å². The lowest BCUT2D eigenvalue weighted by Gasteiger charge is -2.16. The minimum Gasteiger partial charge on any atom is -0.379 e. The summed E-state index contributed by atoms with van der Waals surface area (Å²) in [7, 11) is 1.84. The number of aromatic nitrogens is 2. The molecule has 0 radical (unpaired) electrons. The third-order valence-corrected chi connectivity index (χ3v) is 3.53. The Balaban J connectivity index is 1.81. The first kappa shape index (κ1) is 12.1. The molecule has 1 fully saturated rings. The first-order chi connectivity index (χ1) is 9.29. The first-order valence-electron chi connectivity index (χ1n) is 6.27. The summed E-state index contributed by atoms with van der Waals surface area (Å²) >= 11 is 0. The number of H-pyrrole nitrogens is 1. The van der Waals surface area contributed by atoms with Crippen molar-refractivity contribution in [2.24, 2.45) is 5.92 Å². The van der Waals surface area contributed by atoms with Crippen LogP contribution < -0.4 is 10.6 Å². The second-order valence-corrected chi connectivity index (χ2v) is 4.67. The Bertz CT molecular complexity index is 595. The summed E-state index contributed by atoms with van der Waals surface area (Å²) < 4.78 is 5.35. The van der Waals surface area contributed by atoms with Crippen molar-refractivity contribution in [3.05, 3.63) is 24.4 Å². The zero-order chi connectivity index (χ0) is 13.2. The molecule has 2 atom stereocenters. The van der Waals surface area contributed by atoms with Crippen LogP contribution in [-0.2, 0) is 9.53 Å². The van der Waals surface area contributed by atoms with Crippen LogP contribution in [0.5, 0.6) is 0 Å². The van der Waals surface area contributed by atoms with Gasteiger partial charge in [0.2, 0.25) is 5.91 Å². The topological polar surface area (TPSA) is 79.0 Å². The molecule has 1 saturated heterocycles. The molecule has 1 amide bonds. The van der Waals surface area contributed by atoms with E-state index in [2.05, 4.69) is 20.8 Å². The van der Waals surface area contributed by atoms with Crippen LogP contribution in [0.2, 0.25) is 0 Å². The summed E-state index contributed by atoms with van der Waals surface area (Å²) in [4.78, 5) is 12.3. The number of carbonyl (C=O) groups excluding carboxylic acids is 1. The average molecular weight is 260 g/mol. The van der Waals surface area contributed by atoms with Crippen molar-refractivity contribution >= 4 is 22.5 Å². The lowest BCUT2D eigenvalue weighted by molar-refractivity contribution is -0.120. The third kappa shape index (κ3) is 2.20. The number of anilines is 1. The van der Waals surface area contributed by atoms with Crippen LogP contribution in [0.1, 0.15) is 0 Å². The van der Waals surface area contributed by atoms with Crippen molar-refractivity contribution in [1.29, 1.82) is 0 Å². The molecule has 0 aliphatic carbocycles. The van der Waals surface area contributed by atoms with E-state index >= 15 is 0 Å². The van der Waals surface area contributed by atoms with Crippen molar-refractivity contribution in [3.8, 4) is 0 Å². The van der Waals surface area contributed by atoms with E-state index in [4.69, 9.17) is 4.74 Å². The fraction of sp³-hybridized carbons (Fsp3) is 0.385. The zero-order valence-corrected chi connectivity index (χ0v) is 10.6. The van der Waals surface area contributed by atoms with Crippen molar-refractivity contribution < 1.29 is 9.53 Å². The molecule has 1 aromatic heterocycles. The predicted octanol–water partition coefficient (Wildman–Crippen LogP) is 0.736. The smallest absolute Gasteiger partial charge is 0.231 e.